The molecule has 2 amide bonds. The maximum absolute atomic E-state index is 12.9. The van der Waals surface area contributed by atoms with E-state index in [0.29, 0.717) is 50.6 Å². The zero-order valence-corrected chi connectivity index (χ0v) is 20.3. The summed E-state index contributed by atoms with van der Waals surface area (Å²) in [4.78, 5) is 32.7. The van der Waals surface area contributed by atoms with Crippen LogP contribution in [0.2, 0.25) is 0 Å². The molecule has 0 aliphatic carbocycles. The highest BCUT2D eigenvalue weighted by Gasteiger charge is 2.28. The first kappa shape index (κ1) is 23.5. The van der Waals surface area contributed by atoms with E-state index in [1.54, 1.807) is 23.1 Å². The van der Waals surface area contributed by atoms with Gasteiger partial charge in [-0.25, -0.2) is 8.42 Å². The van der Waals surface area contributed by atoms with E-state index in [1.165, 1.54) is 10.4 Å². The number of piperazine rings is 1. The van der Waals surface area contributed by atoms with Crippen molar-refractivity contribution in [3.63, 3.8) is 0 Å². The first-order chi connectivity index (χ1) is 16.9. The zero-order chi connectivity index (χ0) is 24.4. The Kier molecular flexibility index (Phi) is 6.59. The quantitative estimate of drug-likeness (QED) is 0.546. The number of sulfonamides is 1. The fourth-order valence-corrected chi connectivity index (χ4v) is 6.25. The smallest absolute Gasteiger partial charge is 0.270 e. The first-order valence-electron chi connectivity index (χ1n) is 11.9. The van der Waals surface area contributed by atoms with E-state index in [4.69, 9.17) is 0 Å². The molecule has 0 radical (unpaired) electrons. The summed E-state index contributed by atoms with van der Waals surface area (Å²) in [6.45, 7) is 3.49. The molecule has 9 nitrogen and oxygen atoms in total. The summed E-state index contributed by atoms with van der Waals surface area (Å²) >= 11 is 0. The predicted molar refractivity (Wildman–Crippen MR) is 134 cm³/mol. The van der Waals surface area contributed by atoms with Gasteiger partial charge in [0.15, 0.2) is 0 Å². The lowest BCUT2D eigenvalue weighted by Gasteiger charge is -2.34. The molecule has 0 saturated carbocycles. The van der Waals surface area contributed by atoms with Crippen LogP contribution in [-0.4, -0.2) is 85.1 Å². The van der Waals surface area contributed by atoms with Crippen LogP contribution in [0.1, 0.15) is 23.3 Å². The van der Waals surface area contributed by atoms with Gasteiger partial charge in [-0.3, -0.25) is 14.5 Å². The Morgan fingerprint density at radius 1 is 0.886 bits per heavy atom. The number of hydrogen-bond donors (Lipinski definition) is 2. The van der Waals surface area contributed by atoms with Crippen LogP contribution in [-0.2, 0) is 14.8 Å². The van der Waals surface area contributed by atoms with Crippen LogP contribution < -0.4 is 5.32 Å². The van der Waals surface area contributed by atoms with Crippen molar-refractivity contribution in [1.29, 1.82) is 0 Å². The zero-order valence-electron chi connectivity index (χ0n) is 19.4. The van der Waals surface area contributed by atoms with E-state index in [1.807, 2.05) is 35.2 Å². The van der Waals surface area contributed by atoms with Crippen molar-refractivity contribution in [1.82, 2.24) is 19.1 Å². The normalized spacial score (nSPS) is 17.7. The minimum absolute atomic E-state index is 0.0404. The lowest BCUT2D eigenvalue weighted by atomic mass is 10.2. The van der Waals surface area contributed by atoms with Crippen molar-refractivity contribution < 1.29 is 18.0 Å². The summed E-state index contributed by atoms with van der Waals surface area (Å²) in [5.41, 5.74) is 1.97. The number of nitrogens with one attached hydrogen (secondary N) is 2. The fourth-order valence-electron chi connectivity index (χ4n) is 4.68. The molecule has 184 valence electrons. The van der Waals surface area contributed by atoms with Crippen LogP contribution in [0, 0.1) is 0 Å². The molecule has 2 aliphatic heterocycles. The minimum Gasteiger partial charge on any atom is -0.351 e. The van der Waals surface area contributed by atoms with Crippen molar-refractivity contribution in [2.75, 3.05) is 51.1 Å². The summed E-state index contributed by atoms with van der Waals surface area (Å²) in [5, 5.41) is 3.82. The number of carbonyl (C=O) groups excluding carboxylic acids is 2. The minimum atomic E-state index is -3.54. The number of H-pyrrole nitrogens is 1. The van der Waals surface area contributed by atoms with E-state index >= 15 is 0 Å². The van der Waals surface area contributed by atoms with Gasteiger partial charge in [-0.1, -0.05) is 24.3 Å². The third-order valence-corrected chi connectivity index (χ3v) is 8.50. The summed E-state index contributed by atoms with van der Waals surface area (Å²) in [6.07, 6.45) is 1.74. The molecule has 3 heterocycles. The average Bonchev–Trinajstić information content (AvgIpc) is 3.55. The molecule has 2 aliphatic rings. The third-order valence-electron chi connectivity index (χ3n) is 6.61. The first-order valence-corrected chi connectivity index (χ1v) is 13.3. The van der Waals surface area contributed by atoms with Gasteiger partial charge in [0.2, 0.25) is 15.9 Å². The second-order valence-electron chi connectivity index (χ2n) is 9.03. The standard InChI is InChI=1S/C25H29N5O4S/c31-24(26-20-7-5-8-21(17-20)35(33,34)30-10-3-4-11-30)18-28-12-14-29(15-13-28)25(32)23-16-19-6-1-2-9-22(19)27-23/h1-2,5-9,16-17,27H,3-4,10-15,18H2,(H,26,31). The van der Waals surface area contributed by atoms with Gasteiger partial charge in [0.1, 0.15) is 5.69 Å². The molecule has 2 N–H and O–H groups in total. The predicted octanol–water partition coefficient (Wildman–Crippen LogP) is 2.35. The SMILES string of the molecule is O=C(CN1CCN(C(=O)c2cc3ccccc3[nH]2)CC1)Nc1cccc(S(=O)(=O)N2CCCC2)c1. The number of benzene rings is 2. The topological polar surface area (TPSA) is 106 Å². The molecule has 5 rings (SSSR count). The highest BCUT2D eigenvalue weighted by Crippen LogP contribution is 2.23. The number of hydrogen-bond acceptors (Lipinski definition) is 5. The van der Waals surface area contributed by atoms with Gasteiger partial charge in [0, 0.05) is 55.9 Å². The Morgan fingerprint density at radius 2 is 1.63 bits per heavy atom. The Bertz CT molecular complexity index is 1310. The van der Waals surface area contributed by atoms with Gasteiger partial charge in [0.25, 0.3) is 5.91 Å². The van der Waals surface area contributed by atoms with Crippen LogP contribution in [0.25, 0.3) is 10.9 Å². The monoisotopic (exact) mass is 495 g/mol. The summed E-state index contributed by atoms with van der Waals surface area (Å²) in [6, 6.07) is 16.1. The second-order valence-corrected chi connectivity index (χ2v) is 11.0. The van der Waals surface area contributed by atoms with E-state index in [9.17, 15) is 18.0 Å². The lowest BCUT2D eigenvalue weighted by Crippen LogP contribution is -2.50. The molecule has 0 atom stereocenters. The van der Waals surface area contributed by atoms with Crippen molar-refractivity contribution >= 4 is 38.4 Å². The number of para-hydroxylation sites is 1. The van der Waals surface area contributed by atoms with Crippen molar-refractivity contribution in [2.45, 2.75) is 17.7 Å². The largest absolute Gasteiger partial charge is 0.351 e. The molecule has 2 aromatic carbocycles. The van der Waals surface area contributed by atoms with E-state index in [0.717, 1.165) is 23.7 Å². The molecule has 2 saturated heterocycles. The maximum Gasteiger partial charge on any atom is 0.270 e. The number of aromatic nitrogens is 1. The van der Waals surface area contributed by atoms with Crippen molar-refractivity contribution in [3.8, 4) is 0 Å². The lowest BCUT2D eigenvalue weighted by molar-refractivity contribution is -0.117. The highest BCUT2D eigenvalue weighted by molar-refractivity contribution is 7.89. The van der Waals surface area contributed by atoms with E-state index in [-0.39, 0.29) is 23.3 Å². The number of aromatic amines is 1. The van der Waals surface area contributed by atoms with Crippen LogP contribution >= 0.6 is 0 Å². The van der Waals surface area contributed by atoms with Crippen LogP contribution in [0.4, 0.5) is 5.69 Å². The molecule has 10 heteroatoms. The molecule has 0 bridgehead atoms. The highest BCUT2D eigenvalue weighted by atomic mass is 32.2. The van der Waals surface area contributed by atoms with Gasteiger partial charge in [-0.05, 0) is 43.2 Å². The second kappa shape index (κ2) is 9.80. The van der Waals surface area contributed by atoms with Crippen LogP contribution in [0.15, 0.2) is 59.5 Å². The van der Waals surface area contributed by atoms with Crippen LogP contribution in [0.5, 0.6) is 0 Å². The number of nitrogens with zero attached hydrogens (tertiary/aromatic N) is 3. The molecule has 0 unspecified atom stereocenters. The van der Waals surface area contributed by atoms with Crippen molar-refractivity contribution in [3.05, 3.63) is 60.3 Å². The van der Waals surface area contributed by atoms with Crippen molar-refractivity contribution in [2.24, 2.45) is 0 Å². The van der Waals surface area contributed by atoms with Gasteiger partial charge >= 0.3 is 0 Å². The summed E-state index contributed by atoms with van der Waals surface area (Å²) in [5.74, 6) is -0.252. The van der Waals surface area contributed by atoms with Gasteiger partial charge in [-0.15, -0.1) is 0 Å². The van der Waals surface area contributed by atoms with E-state index < -0.39 is 10.0 Å². The fraction of sp³-hybridized carbons (Fsp3) is 0.360. The molecule has 35 heavy (non-hydrogen) atoms. The maximum atomic E-state index is 12.9. The van der Waals surface area contributed by atoms with Crippen LogP contribution in [0.3, 0.4) is 0 Å². The van der Waals surface area contributed by atoms with Gasteiger partial charge in [-0.2, -0.15) is 4.31 Å². The summed E-state index contributed by atoms with van der Waals surface area (Å²) in [7, 11) is -3.54. The number of rotatable bonds is 6. The Balaban J connectivity index is 1.14. The number of amides is 2. The molecular weight excluding hydrogens is 466 g/mol. The summed E-state index contributed by atoms with van der Waals surface area (Å²) < 4.78 is 27.1. The average molecular weight is 496 g/mol. The molecule has 1 aromatic heterocycles. The molecule has 3 aromatic rings. The Morgan fingerprint density at radius 3 is 2.37 bits per heavy atom. The third kappa shape index (κ3) is 5.09. The van der Waals surface area contributed by atoms with Gasteiger partial charge < -0.3 is 15.2 Å². The van der Waals surface area contributed by atoms with E-state index in [2.05, 4.69) is 10.3 Å². The number of anilines is 1. The Labute approximate surface area is 204 Å². The number of fused-ring (bicyclic) bond motifs is 1. The Hall–Kier alpha value is -3.21. The van der Waals surface area contributed by atoms with Gasteiger partial charge in [0.05, 0.1) is 11.4 Å². The number of carbonyl (C=O) groups is 2. The molecule has 0 spiro atoms. The molecular formula is C25H29N5O4S. The molecule has 2 fully saturated rings.